The van der Waals surface area contributed by atoms with Crippen molar-refractivity contribution in [3.05, 3.63) is 53.9 Å². The maximum Gasteiger partial charge on any atom is 0.274 e. The Labute approximate surface area is 134 Å². The van der Waals surface area contributed by atoms with Crippen molar-refractivity contribution in [3.8, 4) is 6.07 Å². The fraction of sp³-hybridized carbons (Fsp3) is 0.235. The highest BCUT2D eigenvalue weighted by atomic mass is 16.5. The van der Waals surface area contributed by atoms with Crippen molar-refractivity contribution < 1.29 is 9.53 Å². The molecule has 1 aromatic carbocycles. The first-order valence-corrected chi connectivity index (χ1v) is 7.36. The van der Waals surface area contributed by atoms with Gasteiger partial charge in [-0.2, -0.15) is 5.26 Å². The number of amides is 1. The summed E-state index contributed by atoms with van der Waals surface area (Å²) in [6.07, 6.45) is 1.63. The molecule has 0 atom stereocenters. The number of aromatic nitrogens is 1. The quantitative estimate of drug-likeness (QED) is 0.939. The second kappa shape index (κ2) is 6.90. The van der Waals surface area contributed by atoms with Crippen LogP contribution in [0, 0.1) is 11.3 Å². The Kier molecular flexibility index (Phi) is 4.50. The van der Waals surface area contributed by atoms with Gasteiger partial charge in [-0.1, -0.05) is 6.07 Å². The monoisotopic (exact) mass is 308 g/mol. The van der Waals surface area contributed by atoms with Gasteiger partial charge in [-0.05, 0) is 30.3 Å². The number of nitrogens with one attached hydrogen (secondary N) is 1. The molecule has 0 spiro atoms. The van der Waals surface area contributed by atoms with E-state index in [1.807, 2.05) is 12.1 Å². The zero-order valence-corrected chi connectivity index (χ0v) is 12.5. The van der Waals surface area contributed by atoms with Gasteiger partial charge in [0.05, 0.1) is 24.8 Å². The number of pyridine rings is 1. The van der Waals surface area contributed by atoms with E-state index in [0.717, 1.165) is 18.8 Å². The lowest BCUT2D eigenvalue weighted by molar-refractivity contribution is 0.102. The van der Waals surface area contributed by atoms with Gasteiger partial charge < -0.3 is 15.0 Å². The highest BCUT2D eigenvalue weighted by Crippen LogP contribution is 2.17. The van der Waals surface area contributed by atoms with Crippen molar-refractivity contribution in [2.24, 2.45) is 0 Å². The average molecular weight is 308 g/mol. The molecule has 0 saturated carbocycles. The van der Waals surface area contributed by atoms with Crippen LogP contribution in [0.3, 0.4) is 0 Å². The summed E-state index contributed by atoms with van der Waals surface area (Å²) in [5, 5.41) is 11.7. The molecule has 0 unspecified atom stereocenters. The van der Waals surface area contributed by atoms with Gasteiger partial charge in [0.2, 0.25) is 0 Å². The smallest absolute Gasteiger partial charge is 0.274 e. The molecule has 1 aliphatic rings. The molecule has 1 saturated heterocycles. The van der Waals surface area contributed by atoms with E-state index in [2.05, 4.69) is 15.2 Å². The van der Waals surface area contributed by atoms with Gasteiger partial charge in [-0.25, -0.2) is 0 Å². The standard InChI is InChI=1S/C17H16N4O2/c18-12-13-2-1-3-14(10-13)20-17(22)16-11-15(4-5-19-16)21-6-8-23-9-7-21/h1-5,10-11H,6-9H2,(H,20,22). The normalized spacial score (nSPS) is 14.1. The zero-order chi connectivity index (χ0) is 16.1. The van der Waals surface area contributed by atoms with Crippen LogP contribution in [0.15, 0.2) is 42.6 Å². The predicted molar refractivity (Wildman–Crippen MR) is 86.4 cm³/mol. The largest absolute Gasteiger partial charge is 0.378 e. The van der Waals surface area contributed by atoms with Crippen molar-refractivity contribution in [3.63, 3.8) is 0 Å². The highest BCUT2D eigenvalue weighted by Gasteiger charge is 2.14. The Hall–Kier alpha value is -2.91. The van der Waals surface area contributed by atoms with Crippen LogP contribution in [-0.2, 0) is 4.74 Å². The van der Waals surface area contributed by atoms with Crippen molar-refractivity contribution in [1.82, 2.24) is 4.98 Å². The molecule has 1 fully saturated rings. The van der Waals surface area contributed by atoms with Crippen LogP contribution in [0.2, 0.25) is 0 Å². The molecule has 0 radical (unpaired) electrons. The number of morpholine rings is 1. The van der Waals surface area contributed by atoms with E-state index >= 15 is 0 Å². The van der Waals surface area contributed by atoms with E-state index in [1.54, 1.807) is 36.5 Å². The minimum atomic E-state index is -0.296. The van der Waals surface area contributed by atoms with Gasteiger partial charge in [-0.15, -0.1) is 0 Å². The van der Waals surface area contributed by atoms with E-state index in [9.17, 15) is 4.79 Å². The number of hydrogen-bond donors (Lipinski definition) is 1. The third-order valence-corrected chi connectivity index (χ3v) is 3.60. The number of rotatable bonds is 3. The average Bonchev–Trinajstić information content (AvgIpc) is 2.63. The highest BCUT2D eigenvalue weighted by molar-refractivity contribution is 6.03. The van der Waals surface area contributed by atoms with Crippen LogP contribution in [-0.4, -0.2) is 37.2 Å². The van der Waals surface area contributed by atoms with Crippen molar-refractivity contribution in [1.29, 1.82) is 5.26 Å². The SMILES string of the molecule is N#Cc1cccc(NC(=O)c2cc(N3CCOCC3)ccn2)c1. The van der Waals surface area contributed by atoms with Crippen LogP contribution in [0.25, 0.3) is 0 Å². The summed E-state index contributed by atoms with van der Waals surface area (Å²) in [5.41, 5.74) is 2.38. The molecule has 1 aliphatic heterocycles. The van der Waals surface area contributed by atoms with Gasteiger partial charge >= 0.3 is 0 Å². The van der Waals surface area contributed by atoms with Gasteiger partial charge in [0.1, 0.15) is 5.69 Å². The van der Waals surface area contributed by atoms with Crippen molar-refractivity contribution in [2.45, 2.75) is 0 Å². The molecular formula is C17H16N4O2. The van der Waals surface area contributed by atoms with Crippen LogP contribution in [0.4, 0.5) is 11.4 Å². The second-order valence-electron chi connectivity index (χ2n) is 5.15. The summed E-state index contributed by atoms with van der Waals surface area (Å²) in [7, 11) is 0. The topological polar surface area (TPSA) is 78.2 Å². The lowest BCUT2D eigenvalue weighted by Gasteiger charge is -2.28. The summed E-state index contributed by atoms with van der Waals surface area (Å²) in [4.78, 5) is 18.7. The van der Waals surface area contributed by atoms with Crippen LogP contribution in [0.5, 0.6) is 0 Å². The summed E-state index contributed by atoms with van der Waals surface area (Å²) in [6.45, 7) is 2.97. The number of nitriles is 1. The number of carbonyl (C=O) groups is 1. The molecule has 2 aromatic rings. The van der Waals surface area contributed by atoms with Crippen LogP contribution < -0.4 is 10.2 Å². The number of hydrogen-bond acceptors (Lipinski definition) is 5. The molecule has 6 nitrogen and oxygen atoms in total. The number of anilines is 2. The summed E-state index contributed by atoms with van der Waals surface area (Å²) in [5.74, 6) is -0.296. The molecule has 1 N–H and O–H groups in total. The molecule has 0 aliphatic carbocycles. The van der Waals surface area contributed by atoms with Gasteiger partial charge in [-0.3, -0.25) is 9.78 Å². The van der Waals surface area contributed by atoms with Gasteiger partial charge in [0.15, 0.2) is 0 Å². The van der Waals surface area contributed by atoms with Gasteiger partial charge in [0.25, 0.3) is 5.91 Å². The van der Waals surface area contributed by atoms with Gasteiger partial charge in [0, 0.05) is 30.7 Å². The zero-order valence-electron chi connectivity index (χ0n) is 12.5. The Morgan fingerprint density at radius 3 is 2.87 bits per heavy atom. The van der Waals surface area contributed by atoms with Crippen LogP contribution in [0.1, 0.15) is 16.1 Å². The maximum absolute atomic E-state index is 12.3. The van der Waals surface area contributed by atoms with E-state index < -0.39 is 0 Å². The first-order chi connectivity index (χ1) is 11.3. The minimum Gasteiger partial charge on any atom is -0.378 e. The van der Waals surface area contributed by atoms with Crippen LogP contribution >= 0.6 is 0 Å². The summed E-state index contributed by atoms with van der Waals surface area (Å²) >= 11 is 0. The summed E-state index contributed by atoms with van der Waals surface area (Å²) < 4.78 is 5.34. The molecule has 116 valence electrons. The molecule has 6 heteroatoms. The Balaban J connectivity index is 1.75. The second-order valence-corrected chi connectivity index (χ2v) is 5.15. The Morgan fingerprint density at radius 1 is 1.26 bits per heavy atom. The number of benzene rings is 1. The minimum absolute atomic E-state index is 0.296. The number of carbonyl (C=O) groups excluding carboxylic acids is 1. The Morgan fingerprint density at radius 2 is 2.09 bits per heavy atom. The number of ether oxygens (including phenoxy) is 1. The van der Waals surface area contributed by atoms with Crippen molar-refractivity contribution >= 4 is 17.3 Å². The summed E-state index contributed by atoms with van der Waals surface area (Å²) in [6, 6.07) is 12.5. The lowest BCUT2D eigenvalue weighted by atomic mass is 10.2. The molecule has 3 rings (SSSR count). The van der Waals surface area contributed by atoms with E-state index in [0.29, 0.717) is 30.2 Å². The van der Waals surface area contributed by atoms with E-state index in [1.165, 1.54) is 0 Å². The maximum atomic E-state index is 12.3. The molecule has 1 aromatic heterocycles. The lowest BCUT2D eigenvalue weighted by Crippen LogP contribution is -2.36. The molecule has 2 heterocycles. The fourth-order valence-electron chi connectivity index (χ4n) is 2.42. The molecule has 23 heavy (non-hydrogen) atoms. The first kappa shape index (κ1) is 15.0. The molecule has 0 bridgehead atoms. The van der Waals surface area contributed by atoms with Crippen molar-refractivity contribution in [2.75, 3.05) is 36.5 Å². The number of nitrogens with zero attached hydrogens (tertiary/aromatic N) is 3. The predicted octanol–water partition coefficient (Wildman–Crippen LogP) is 2.04. The third-order valence-electron chi connectivity index (χ3n) is 3.60. The molecular weight excluding hydrogens is 292 g/mol. The van der Waals surface area contributed by atoms with E-state index in [4.69, 9.17) is 10.00 Å². The first-order valence-electron chi connectivity index (χ1n) is 7.36. The molecule has 1 amide bonds. The fourth-order valence-corrected chi connectivity index (χ4v) is 2.42. The van der Waals surface area contributed by atoms with E-state index in [-0.39, 0.29) is 5.91 Å². The third kappa shape index (κ3) is 3.65. The Bertz CT molecular complexity index is 748.